The van der Waals surface area contributed by atoms with Crippen molar-refractivity contribution < 1.29 is 9.47 Å². The highest BCUT2D eigenvalue weighted by Crippen LogP contribution is 2.20. The van der Waals surface area contributed by atoms with Gasteiger partial charge in [-0.25, -0.2) is 4.98 Å². The van der Waals surface area contributed by atoms with Gasteiger partial charge in [0.15, 0.2) is 5.96 Å². The van der Waals surface area contributed by atoms with Crippen molar-refractivity contribution in [2.24, 2.45) is 4.99 Å². The summed E-state index contributed by atoms with van der Waals surface area (Å²) in [5.41, 5.74) is 0. The first kappa shape index (κ1) is 24.9. The largest absolute Gasteiger partial charge is 0.379 e. The van der Waals surface area contributed by atoms with Gasteiger partial charge in [0.05, 0.1) is 19.8 Å². The van der Waals surface area contributed by atoms with Gasteiger partial charge in [-0.05, 0) is 12.8 Å². The van der Waals surface area contributed by atoms with Gasteiger partial charge in [0.1, 0.15) is 4.34 Å². The van der Waals surface area contributed by atoms with Gasteiger partial charge in [0, 0.05) is 44.1 Å². The Morgan fingerprint density at radius 3 is 2.60 bits per heavy atom. The van der Waals surface area contributed by atoms with E-state index in [1.54, 1.807) is 30.1 Å². The van der Waals surface area contributed by atoms with Crippen LogP contribution < -0.4 is 10.6 Å². The molecule has 1 rings (SSSR count). The Morgan fingerprint density at radius 2 is 1.92 bits per heavy atom. The predicted molar refractivity (Wildman–Crippen MR) is 119 cm³/mol. The van der Waals surface area contributed by atoms with Gasteiger partial charge in [0.25, 0.3) is 0 Å². The van der Waals surface area contributed by atoms with E-state index in [-0.39, 0.29) is 24.0 Å². The Balaban J connectivity index is 0.00000576. The first-order valence-corrected chi connectivity index (χ1v) is 10.4. The number of hydrogen-bond donors (Lipinski definition) is 2. The Bertz CT molecular complexity index is 422. The summed E-state index contributed by atoms with van der Waals surface area (Å²) in [7, 11) is 1.78. The smallest absolute Gasteiger partial charge is 0.191 e. The number of halogens is 1. The fourth-order valence-corrected chi connectivity index (χ4v) is 3.40. The lowest BCUT2D eigenvalue weighted by Crippen LogP contribution is -2.39. The molecule has 1 aromatic rings. The average Bonchev–Trinajstić information content (AvgIpc) is 3.11. The number of nitrogens with zero attached hydrogens (tertiary/aromatic N) is 2. The molecule has 0 spiro atoms. The lowest BCUT2D eigenvalue weighted by atomic mass is 10.4. The van der Waals surface area contributed by atoms with Crippen molar-refractivity contribution in [2.45, 2.75) is 30.5 Å². The third-order valence-corrected chi connectivity index (χ3v) is 5.08. The van der Waals surface area contributed by atoms with Gasteiger partial charge in [0.2, 0.25) is 0 Å². The van der Waals surface area contributed by atoms with E-state index in [1.165, 1.54) is 6.42 Å². The van der Waals surface area contributed by atoms with E-state index in [9.17, 15) is 0 Å². The summed E-state index contributed by atoms with van der Waals surface area (Å²) < 4.78 is 12.1. The second-order valence-corrected chi connectivity index (χ2v) is 7.24. The molecule has 1 aromatic heterocycles. The van der Waals surface area contributed by atoms with E-state index < -0.39 is 0 Å². The highest BCUT2D eigenvalue weighted by atomic mass is 127. The Morgan fingerprint density at radius 1 is 1.16 bits per heavy atom. The SMILES string of the molecule is CCCCOCCOCCNC(=NC)NCCCSc1nccs1.I. The zero-order valence-corrected chi connectivity index (χ0v) is 19.1. The molecule has 6 nitrogen and oxygen atoms in total. The number of thiazole rings is 1. The minimum absolute atomic E-state index is 0. The van der Waals surface area contributed by atoms with E-state index in [4.69, 9.17) is 9.47 Å². The highest BCUT2D eigenvalue weighted by Gasteiger charge is 1.99. The number of nitrogens with one attached hydrogen (secondary N) is 2. The van der Waals surface area contributed by atoms with Gasteiger partial charge in [-0.1, -0.05) is 25.1 Å². The maximum Gasteiger partial charge on any atom is 0.191 e. The quantitative estimate of drug-likeness (QED) is 0.134. The van der Waals surface area contributed by atoms with E-state index in [1.807, 2.05) is 11.6 Å². The van der Waals surface area contributed by atoms with Crippen molar-refractivity contribution in [2.75, 3.05) is 52.3 Å². The summed E-state index contributed by atoms with van der Waals surface area (Å²) in [6, 6.07) is 0. The van der Waals surface area contributed by atoms with Crippen molar-refractivity contribution in [1.82, 2.24) is 15.6 Å². The maximum absolute atomic E-state index is 5.51. The number of ether oxygens (including phenoxy) is 2. The Kier molecular flexibility index (Phi) is 18.6. The van der Waals surface area contributed by atoms with Gasteiger partial charge >= 0.3 is 0 Å². The molecule has 2 N–H and O–H groups in total. The molecule has 0 aliphatic rings. The first-order valence-electron chi connectivity index (χ1n) is 8.49. The molecular formula is C16H31IN4O2S2. The van der Waals surface area contributed by atoms with Crippen molar-refractivity contribution >= 4 is 53.0 Å². The van der Waals surface area contributed by atoms with Gasteiger partial charge < -0.3 is 20.1 Å². The molecule has 0 atom stereocenters. The third kappa shape index (κ3) is 14.7. The molecule has 0 unspecified atom stereocenters. The van der Waals surface area contributed by atoms with E-state index >= 15 is 0 Å². The normalized spacial score (nSPS) is 11.2. The second-order valence-electron chi connectivity index (χ2n) is 5.00. The molecule has 0 aliphatic heterocycles. The number of rotatable bonds is 14. The number of unbranched alkanes of at least 4 members (excludes halogenated alkanes) is 1. The number of guanidine groups is 1. The Labute approximate surface area is 177 Å². The summed E-state index contributed by atoms with van der Waals surface area (Å²) in [6.45, 7) is 6.58. The molecule has 0 radical (unpaired) electrons. The van der Waals surface area contributed by atoms with Crippen LogP contribution in [0.2, 0.25) is 0 Å². The summed E-state index contributed by atoms with van der Waals surface area (Å²) in [6.07, 6.45) is 5.19. The summed E-state index contributed by atoms with van der Waals surface area (Å²) in [5, 5.41) is 8.55. The van der Waals surface area contributed by atoms with Gasteiger partial charge in [-0.15, -0.1) is 35.3 Å². The van der Waals surface area contributed by atoms with Crippen LogP contribution in [0.1, 0.15) is 26.2 Å². The van der Waals surface area contributed by atoms with Crippen molar-refractivity contribution in [1.29, 1.82) is 0 Å². The van der Waals surface area contributed by atoms with Gasteiger partial charge in [-0.2, -0.15) is 0 Å². The monoisotopic (exact) mass is 502 g/mol. The fourth-order valence-electron chi connectivity index (χ4n) is 1.75. The van der Waals surface area contributed by atoms with E-state index in [2.05, 4.69) is 27.5 Å². The van der Waals surface area contributed by atoms with Crippen LogP contribution in [0.4, 0.5) is 0 Å². The maximum atomic E-state index is 5.51. The Hall–Kier alpha value is -0.100. The third-order valence-electron chi connectivity index (χ3n) is 3.03. The average molecular weight is 502 g/mol. The van der Waals surface area contributed by atoms with Crippen molar-refractivity contribution in [3.05, 3.63) is 11.6 Å². The number of hydrogen-bond acceptors (Lipinski definition) is 6. The molecular weight excluding hydrogens is 471 g/mol. The molecule has 0 aromatic carbocycles. The molecule has 1 heterocycles. The molecule has 0 saturated heterocycles. The molecule has 0 bridgehead atoms. The topological polar surface area (TPSA) is 67.8 Å². The fraction of sp³-hybridized carbons (Fsp3) is 0.750. The number of aromatic nitrogens is 1. The van der Waals surface area contributed by atoms with Crippen molar-refractivity contribution in [3.63, 3.8) is 0 Å². The minimum Gasteiger partial charge on any atom is -0.379 e. The van der Waals surface area contributed by atoms with Crippen LogP contribution in [0.5, 0.6) is 0 Å². The first-order chi connectivity index (χ1) is 11.9. The van der Waals surface area contributed by atoms with Crippen LogP contribution >= 0.6 is 47.1 Å². The van der Waals surface area contributed by atoms with E-state index in [0.717, 1.165) is 48.6 Å². The molecule has 0 amide bonds. The zero-order valence-electron chi connectivity index (χ0n) is 15.2. The summed E-state index contributed by atoms with van der Waals surface area (Å²) in [5.74, 6) is 1.87. The minimum atomic E-state index is 0. The van der Waals surface area contributed by atoms with Crippen LogP contribution in [-0.4, -0.2) is 63.3 Å². The van der Waals surface area contributed by atoms with Crippen LogP contribution in [0.3, 0.4) is 0 Å². The van der Waals surface area contributed by atoms with Gasteiger partial charge in [-0.3, -0.25) is 4.99 Å². The molecule has 0 aliphatic carbocycles. The van der Waals surface area contributed by atoms with Crippen LogP contribution in [-0.2, 0) is 9.47 Å². The molecule has 25 heavy (non-hydrogen) atoms. The van der Waals surface area contributed by atoms with Crippen molar-refractivity contribution in [3.8, 4) is 0 Å². The summed E-state index contributed by atoms with van der Waals surface area (Å²) in [4.78, 5) is 8.45. The standard InChI is InChI=1S/C16H30N4O2S2.HI/c1-3-4-9-21-11-12-22-10-7-19-15(17-2)18-6-5-13-23-16-20-8-14-24-16;/h8,14H,3-7,9-13H2,1-2H3,(H2,17,18,19);1H. The molecule has 9 heteroatoms. The van der Waals surface area contributed by atoms with Crippen LogP contribution in [0.15, 0.2) is 20.9 Å². The highest BCUT2D eigenvalue weighted by molar-refractivity contribution is 14.0. The summed E-state index contributed by atoms with van der Waals surface area (Å²) >= 11 is 3.48. The van der Waals surface area contributed by atoms with Crippen LogP contribution in [0.25, 0.3) is 0 Å². The lowest BCUT2D eigenvalue weighted by Gasteiger charge is -2.12. The second kappa shape index (κ2) is 18.7. The molecule has 146 valence electrons. The van der Waals surface area contributed by atoms with E-state index in [0.29, 0.717) is 19.8 Å². The van der Waals surface area contributed by atoms with Crippen LogP contribution in [0, 0.1) is 0 Å². The molecule has 0 saturated carbocycles. The number of aliphatic imine (C=N–C) groups is 1. The lowest BCUT2D eigenvalue weighted by molar-refractivity contribution is 0.0487. The number of thioether (sulfide) groups is 1. The zero-order chi connectivity index (χ0) is 17.3. The molecule has 0 fully saturated rings. The predicted octanol–water partition coefficient (Wildman–Crippen LogP) is 3.24.